The van der Waals surface area contributed by atoms with Gasteiger partial charge in [-0.2, -0.15) is 9.29 Å². The number of aromatic amines is 1. The third-order valence-corrected chi connectivity index (χ3v) is 6.65. The van der Waals surface area contributed by atoms with Crippen LogP contribution in [0.5, 0.6) is 0 Å². The van der Waals surface area contributed by atoms with Crippen LogP contribution >= 0.6 is 0 Å². The molecule has 1 saturated carbocycles. The highest BCUT2D eigenvalue weighted by molar-refractivity contribution is 7.89. The quantitative estimate of drug-likeness (QED) is 0.925. The molecule has 0 atom stereocenters. The number of nitrogens with zero attached hydrogens (tertiary/aromatic N) is 3. The summed E-state index contributed by atoms with van der Waals surface area (Å²) in [5, 5.41) is 4.02. The van der Waals surface area contributed by atoms with Gasteiger partial charge >= 0.3 is 0 Å². The molecule has 8 heteroatoms. The molecule has 2 aromatic heterocycles. The lowest BCUT2D eigenvalue weighted by Crippen LogP contribution is -2.28. The van der Waals surface area contributed by atoms with Gasteiger partial charge in [-0.15, -0.1) is 0 Å². The Bertz CT molecular complexity index is 842. The Labute approximate surface area is 135 Å². The molecule has 1 saturated heterocycles. The van der Waals surface area contributed by atoms with Crippen molar-refractivity contribution in [3.63, 3.8) is 0 Å². The Balaban J connectivity index is 1.83. The Hall–Kier alpha value is -1.67. The number of sulfonamides is 1. The van der Waals surface area contributed by atoms with E-state index in [4.69, 9.17) is 4.52 Å². The lowest BCUT2D eigenvalue weighted by atomic mass is 10.2. The number of hydrogen-bond donors (Lipinski definition) is 1. The molecule has 0 amide bonds. The molecule has 0 aromatic carbocycles. The van der Waals surface area contributed by atoms with Crippen LogP contribution in [0.4, 0.5) is 0 Å². The van der Waals surface area contributed by atoms with E-state index in [1.54, 1.807) is 11.2 Å². The minimum atomic E-state index is -3.55. The first kappa shape index (κ1) is 14.9. The largest absolute Gasteiger partial charge is 0.361 e. The van der Waals surface area contributed by atoms with E-state index >= 15 is 0 Å². The van der Waals surface area contributed by atoms with Crippen LogP contribution in [0.1, 0.15) is 48.8 Å². The second-order valence-corrected chi connectivity index (χ2v) is 8.30. The molecule has 1 N–H and O–H groups in total. The monoisotopic (exact) mass is 336 g/mol. The van der Waals surface area contributed by atoms with Gasteiger partial charge in [-0.3, -0.25) is 0 Å². The van der Waals surface area contributed by atoms with Crippen molar-refractivity contribution in [3.8, 4) is 11.5 Å². The van der Waals surface area contributed by atoms with Crippen LogP contribution in [0.3, 0.4) is 0 Å². The molecule has 4 rings (SSSR count). The first-order valence-corrected chi connectivity index (χ1v) is 9.46. The first-order chi connectivity index (χ1) is 11.0. The summed E-state index contributed by atoms with van der Waals surface area (Å²) < 4.78 is 33.0. The van der Waals surface area contributed by atoms with Gasteiger partial charge in [0.05, 0.1) is 5.56 Å². The summed E-state index contributed by atoms with van der Waals surface area (Å²) in [6.45, 7) is 4.76. The van der Waals surface area contributed by atoms with E-state index in [1.807, 2.05) is 6.92 Å². The van der Waals surface area contributed by atoms with Crippen LogP contribution in [-0.2, 0) is 10.0 Å². The topological polar surface area (TPSA) is 92.1 Å². The van der Waals surface area contributed by atoms with E-state index in [0.29, 0.717) is 42.0 Å². The van der Waals surface area contributed by atoms with Crippen LogP contribution in [0.2, 0.25) is 0 Å². The van der Waals surface area contributed by atoms with Crippen molar-refractivity contribution in [2.75, 3.05) is 13.1 Å². The number of aryl methyl sites for hydroxylation is 2. The summed E-state index contributed by atoms with van der Waals surface area (Å²) in [7, 11) is -3.55. The van der Waals surface area contributed by atoms with E-state index in [-0.39, 0.29) is 4.90 Å². The Kier molecular flexibility index (Phi) is 3.35. The Morgan fingerprint density at radius 1 is 1.17 bits per heavy atom. The molecule has 1 aliphatic heterocycles. The molecule has 23 heavy (non-hydrogen) atoms. The molecule has 0 spiro atoms. The molecular formula is C15H20N4O3S. The number of H-pyrrole nitrogens is 1. The van der Waals surface area contributed by atoms with Gasteiger partial charge in [-0.25, -0.2) is 8.42 Å². The maximum Gasteiger partial charge on any atom is 0.261 e. The fraction of sp³-hybridized carbons (Fsp3) is 0.600. The smallest absolute Gasteiger partial charge is 0.261 e. The third kappa shape index (κ3) is 2.40. The zero-order valence-electron chi connectivity index (χ0n) is 13.3. The van der Waals surface area contributed by atoms with Gasteiger partial charge in [0.1, 0.15) is 4.90 Å². The number of nitrogens with one attached hydrogen (secondary N) is 1. The predicted molar refractivity (Wildman–Crippen MR) is 83.5 cm³/mol. The lowest BCUT2D eigenvalue weighted by Gasteiger charge is -2.16. The SMILES string of the molecule is Cc1[nH]c(C)c(S(=O)(=O)N2CCCC2)c1-c1nc(C2CC2)no1. The fourth-order valence-corrected chi connectivity index (χ4v) is 5.17. The summed E-state index contributed by atoms with van der Waals surface area (Å²) in [5.41, 5.74) is 1.88. The summed E-state index contributed by atoms with van der Waals surface area (Å²) >= 11 is 0. The number of hydrogen-bond acceptors (Lipinski definition) is 5. The van der Waals surface area contributed by atoms with Crippen LogP contribution in [0.15, 0.2) is 9.42 Å². The highest BCUT2D eigenvalue weighted by Gasteiger charge is 2.36. The van der Waals surface area contributed by atoms with Crippen LogP contribution in [0.25, 0.3) is 11.5 Å². The molecule has 2 aromatic rings. The average molecular weight is 336 g/mol. The first-order valence-electron chi connectivity index (χ1n) is 8.02. The summed E-state index contributed by atoms with van der Waals surface area (Å²) in [6.07, 6.45) is 3.96. The Morgan fingerprint density at radius 2 is 1.87 bits per heavy atom. The highest BCUT2D eigenvalue weighted by atomic mass is 32.2. The van der Waals surface area contributed by atoms with Crippen LogP contribution in [-0.4, -0.2) is 40.9 Å². The molecule has 2 fully saturated rings. The van der Waals surface area contributed by atoms with Crippen molar-refractivity contribution in [2.24, 2.45) is 0 Å². The van der Waals surface area contributed by atoms with E-state index in [0.717, 1.165) is 31.4 Å². The van der Waals surface area contributed by atoms with Crippen LogP contribution < -0.4 is 0 Å². The maximum absolute atomic E-state index is 13.0. The van der Waals surface area contributed by atoms with Gasteiger partial charge in [0.2, 0.25) is 10.0 Å². The van der Waals surface area contributed by atoms with E-state index in [1.165, 1.54) is 0 Å². The molecule has 3 heterocycles. The van der Waals surface area contributed by atoms with Gasteiger partial charge in [0.25, 0.3) is 5.89 Å². The maximum atomic E-state index is 13.0. The standard InChI is InChI=1S/C15H20N4O3S/c1-9-12(15-17-14(18-22-15)11-5-6-11)13(10(2)16-9)23(20,21)19-7-3-4-8-19/h11,16H,3-8H2,1-2H3. The van der Waals surface area contributed by atoms with E-state index in [9.17, 15) is 8.42 Å². The molecule has 2 aliphatic rings. The van der Waals surface area contributed by atoms with Crippen molar-refractivity contribution in [1.29, 1.82) is 0 Å². The van der Waals surface area contributed by atoms with E-state index in [2.05, 4.69) is 15.1 Å². The van der Waals surface area contributed by atoms with Crippen molar-refractivity contribution in [3.05, 3.63) is 17.2 Å². The summed E-state index contributed by atoms with van der Waals surface area (Å²) in [6, 6.07) is 0. The minimum Gasteiger partial charge on any atom is -0.361 e. The van der Waals surface area contributed by atoms with E-state index < -0.39 is 10.0 Å². The number of aromatic nitrogens is 3. The van der Waals surface area contributed by atoms with Gasteiger partial charge in [-0.1, -0.05) is 5.16 Å². The highest BCUT2D eigenvalue weighted by Crippen LogP contribution is 2.40. The molecule has 7 nitrogen and oxygen atoms in total. The predicted octanol–water partition coefficient (Wildman–Crippen LogP) is 2.34. The normalized spacial score (nSPS) is 19.6. The van der Waals surface area contributed by atoms with Crippen molar-refractivity contribution < 1.29 is 12.9 Å². The zero-order chi connectivity index (χ0) is 16.2. The fourth-order valence-electron chi connectivity index (χ4n) is 3.24. The van der Waals surface area contributed by atoms with Crippen molar-refractivity contribution in [2.45, 2.75) is 50.3 Å². The summed E-state index contributed by atoms with van der Waals surface area (Å²) in [5.74, 6) is 1.35. The molecule has 0 unspecified atom stereocenters. The third-order valence-electron chi connectivity index (χ3n) is 4.58. The average Bonchev–Trinajstić information content (AvgIpc) is 2.93. The second kappa shape index (κ2) is 5.17. The lowest BCUT2D eigenvalue weighted by molar-refractivity contribution is 0.421. The second-order valence-electron chi connectivity index (χ2n) is 6.42. The minimum absolute atomic E-state index is 0.280. The zero-order valence-corrected chi connectivity index (χ0v) is 14.1. The van der Waals surface area contributed by atoms with Gasteiger partial charge in [0, 0.05) is 30.4 Å². The molecular weight excluding hydrogens is 316 g/mol. The number of rotatable bonds is 4. The molecule has 0 radical (unpaired) electrons. The van der Waals surface area contributed by atoms with Crippen molar-refractivity contribution in [1.82, 2.24) is 19.4 Å². The molecule has 124 valence electrons. The van der Waals surface area contributed by atoms with Crippen molar-refractivity contribution >= 4 is 10.0 Å². The molecule has 0 bridgehead atoms. The van der Waals surface area contributed by atoms with Gasteiger partial charge in [-0.05, 0) is 39.5 Å². The summed E-state index contributed by atoms with van der Waals surface area (Å²) in [4.78, 5) is 7.84. The van der Waals surface area contributed by atoms with Gasteiger partial charge < -0.3 is 9.51 Å². The molecule has 1 aliphatic carbocycles. The van der Waals surface area contributed by atoms with Gasteiger partial charge in [0.15, 0.2) is 5.82 Å². The Morgan fingerprint density at radius 3 is 2.52 bits per heavy atom. The van der Waals surface area contributed by atoms with Crippen LogP contribution in [0, 0.1) is 13.8 Å².